The number of hydrogen-bond donors (Lipinski definition) is 3. The number of aryl methyl sites for hydroxylation is 3. The Kier molecular flexibility index (Phi) is 4.26. The Morgan fingerprint density at radius 2 is 1.92 bits per heavy atom. The van der Waals surface area contributed by atoms with E-state index < -0.39 is 0 Å². The van der Waals surface area contributed by atoms with Crippen LogP contribution in [0.2, 0.25) is 0 Å². The summed E-state index contributed by atoms with van der Waals surface area (Å²) in [5, 5.41) is 13.0. The highest BCUT2D eigenvalue weighted by Gasteiger charge is 2.10. The minimum atomic E-state index is -0.271. The lowest BCUT2D eigenvalue weighted by Gasteiger charge is -2.09. The van der Waals surface area contributed by atoms with Crippen LogP contribution in [0.3, 0.4) is 0 Å². The molecule has 0 saturated heterocycles. The molecule has 0 aliphatic rings. The molecule has 0 bridgehead atoms. The van der Waals surface area contributed by atoms with Crippen LogP contribution in [-0.2, 0) is 6.42 Å². The summed E-state index contributed by atoms with van der Waals surface area (Å²) >= 11 is 0. The standard InChI is InChI=1S/C17H19N5O2/c1-9-4-5-12-10(2)18-16(20-14(12)8-9)22-17-19-11(3)13(6-7-23)15(24)21-17/h4-5,8,23H,6-7H2,1-3H3,(H2,18,19,20,21,22,24). The number of hydrogen-bond acceptors (Lipinski definition) is 6. The van der Waals surface area contributed by atoms with Gasteiger partial charge >= 0.3 is 0 Å². The van der Waals surface area contributed by atoms with Crippen LogP contribution in [-0.4, -0.2) is 31.6 Å². The van der Waals surface area contributed by atoms with E-state index in [1.165, 1.54) is 0 Å². The van der Waals surface area contributed by atoms with Crippen LogP contribution < -0.4 is 10.9 Å². The molecule has 0 unspecified atom stereocenters. The molecule has 0 saturated carbocycles. The van der Waals surface area contributed by atoms with Crippen molar-refractivity contribution in [1.29, 1.82) is 0 Å². The molecule has 124 valence electrons. The van der Waals surface area contributed by atoms with Gasteiger partial charge in [-0.25, -0.2) is 15.0 Å². The molecule has 2 aromatic heterocycles. The van der Waals surface area contributed by atoms with Gasteiger partial charge in [0.2, 0.25) is 11.9 Å². The number of aromatic nitrogens is 4. The number of H-pyrrole nitrogens is 1. The van der Waals surface area contributed by atoms with Gasteiger partial charge in [-0.2, -0.15) is 0 Å². The lowest BCUT2D eigenvalue weighted by atomic mass is 10.1. The van der Waals surface area contributed by atoms with Gasteiger partial charge in [0.05, 0.1) is 16.9 Å². The van der Waals surface area contributed by atoms with Crippen LogP contribution in [0.25, 0.3) is 10.9 Å². The fourth-order valence-electron chi connectivity index (χ4n) is 2.64. The van der Waals surface area contributed by atoms with Crippen molar-refractivity contribution in [3.63, 3.8) is 0 Å². The van der Waals surface area contributed by atoms with Crippen molar-refractivity contribution in [3.05, 3.63) is 51.1 Å². The first-order valence-corrected chi connectivity index (χ1v) is 7.70. The van der Waals surface area contributed by atoms with Crippen LogP contribution in [0, 0.1) is 20.8 Å². The molecule has 0 radical (unpaired) electrons. The fraction of sp³-hybridized carbons (Fsp3) is 0.294. The molecule has 0 aliphatic heterocycles. The lowest BCUT2D eigenvalue weighted by molar-refractivity contribution is 0.298. The van der Waals surface area contributed by atoms with E-state index >= 15 is 0 Å². The Bertz CT molecular complexity index is 965. The van der Waals surface area contributed by atoms with E-state index in [4.69, 9.17) is 5.11 Å². The molecule has 0 fully saturated rings. The van der Waals surface area contributed by atoms with Crippen molar-refractivity contribution in [3.8, 4) is 0 Å². The van der Waals surface area contributed by atoms with Crippen LogP contribution in [0.15, 0.2) is 23.0 Å². The van der Waals surface area contributed by atoms with Gasteiger partial charge in [-0.05, 0) is 32.4 Å². The van der Waals surface area contributed by atoms with E-state index in [9.17, 15) is 4.79 Å². The zero-order valence-electron chi connectivity index (χ0n) is 13.8. The molecule has 24 heavy (non-hydrogen) atoms. The molecular weight excluding hydrogens is 306 g/mol. The Balaban J connectivity index is 1.99. The van der Waals surface area contributed by atoms with Gasteiger partial charge in [-0.15, -0.1) is 0 Å². The van der Waals surface area contributed by atoms with Crippen molar-refractivity contribution < 1.29 is 5.11 Å². The minimum Gasteiger partial charge on any atom is -0.396 e. The smallest absolute Gasteiger partial charge is 0.255 e. The summed E-state index contributed by atoms with van der Waals surface area (Å²) in [6.45, 7) is 5.56. The highest BCUT2D eigenvalue weighted by Crippen LogP contribution is 2.19. The van der Waals surface area contributed by atoms with Crippen molar-refractivity contribution >= 4 is 22.8 Å². The average Bonchev–Trinajstić information content (AvgIpc) is 2.50. The van der Waals surface area contributed by atoms with Gasteiger partial charge in [0.25, 0.3) is 5.56 Å². The second-order valence-corrected chi connectivity index (χ2v) is 5.73. The number of benzene rings is 1. The molecule has 2 heterocycles. The van der Waals surface area contributed by atoms with Crippen molar-refractivity contribution in [2.24, 2.45) is 0 Å². The molecule has 7 heteroatoms. The van der Waals surface area contributed by atoms with Crippen LogP contribution >= 0.6 is 0 Å². The maximum atomic E-state index is 12.1. The SMILES string of the molecule is Cc1ccc2c(C)nc(Nc3nc(C)c(CCO)c(=O)[nH]3)nc2c1. The largest absolute Gasteiger partial charge is 0.396 e. The number of nitrogens with zero attached hydrogens (tertiary/aromatic N) is 3. The summed E-state index contributed by atoms with van der Waals surface area (Å²) in [4.78, 5) is 28.0. The molecule has 0 spiro atoms. The van der Waals surface area contributed by atoms with E-state index in [0.717, 1.165) is 22.2 Å². The minimum absolute atomic E-state index is 0.0926. The third-order valence-electron chi connectivity index (χ3n) is 3.86. The maximum Gasteiger partial charge on any atom is 0.255 e. The summed E-state index contributed by atoms with van der Waals surface area (Å²) in [6.07, 6.45) is 0.277. The molecule has 3 rings (SSSR count). The van der Waals surface area contributed by atoms with Crippen molar-refractivity contribution in [2.75, 3.05) is 11.9 Å². The quantitative estimate of drug-likeness (QED) is 0.677. The first-order valence-electron chi connectivity index (χ1n) is 7.70. The number of aromatic amines is 1. The summed E-state index contributed by atoms with van der Waals surface area (Å²) in [5.41, 5.74) is 3.58. The van der Waals surface area contributed by atoms with Gasteiger partial charge < -0.3 is 5.11 Å². The van der Waals surface area contributed by atoms with Crippen LogP contribution in [0.1, 0.15) is 22.5 Å². The molecular formula is C17H19N5O2. The zero-order chi connectivity index (χ0) is 17.3. The number of anilines is 2. The Labute approximate surface area is 138 Å². The maximum absolute atomic E-state index is 12.1. The average molecular weight is 325 g/mol. The third-order valence-corrected chi connectivity index (χ3v) is 3.86. The van der Waals surface area contributed by atoms with Gasteiger partial charge in [0.15, 0.2) is 0 Å². The molecule has 3 N–H and O–H groups in total. The summed E-state index contributed by atoms with van der Waals surface area (Å²) in [7, 11) is 0. The Hall–Kier alpha value is -2.80. The molecule has 0 aliphatic carbocycles. The summed E-state index contributed by atoms with van der Waals surface area (Å²) in [5.74, 6) is 0.661. The number of aliphatic hydroxyl groups excluding tert-OH is 1. The van der Waals surface area contributed by atoms with E-state index in [1.54, 1.807) is 6.92 Å². The number of aliphatic hydroxyl groups is 1. The second-order valence-electron chi connectivity index (χ2n) is 5.73. The van der Waals surface area contributed by atoms with Gasteiger partial charge in [-0.3, -0.25) is 15.1 Å². The normalized spacial score (nSPS) is 11.0. The molecule has 0 amide bonds. The van der Waals surface area contributed by atoms with E-state index in [1.807, 2.05) is 32.0 Å². The Morgan fingerprint density at radius 1 is 1.12 bits per heavy atom. The second kappa shape index (κ2) is 6.37. The first kappa shape index (κ1) is 16.1. The molecule has 7 nitrogen and oxygen atoms in total. The molecule has 1 aromatic carbocycles. The Morgan fingerprint density at radius 3 is 2.62 bits per heavy atom. The topological polar surface area (TPSA) is 104 Å². The first-order chi connectivity index (χ1) is 11.5. The van der Waals surface area contributed by atoms with Crippen LogP contribution in [0.4, 0.5) is 11.9 Å². The predicted molar refractivity (Wildman–Crippen MR) is 92.7 cm³/mol. The van der Waals surface area contributed by atoms with E-state index in [-0.39, 0.29) is 24.5 Å². The fourth-order valence-corrected chi connectivity index (χ4v) is 2.64. The van der Waals surface area contributed by atoms with Crippen molar-refractivity contribution in [1.82, 2.24) is 19.9 Å². The lowest BCUT2D eigenvalue weighted by Crippen LogP contribution is -2.19. The number of rotatable bonds is 4. The molecule has 3 aromatic rings. The monoisotopic (exact) mass is 325 g/mol. The highest BCUT2D eigenvalue weighted by molar-refractivity contribution is 5.82. The van der Waals surface area contributed by atoms with E-state index in [0.29, 0.717) is 17.2 Å². The van der Waals surface area contributed by atoms with Gasteiger partial charge in [0, 0.05) is 24.0 Å². The van der Waals surface area contributed by atoms with Gasteiger partial charge in [-0.1, -0.05) is 12.1 Å². The zero-order valence-corrected chi connectivity index (χ0v) is 13.8. The molecule has 0 atom stereocenters. The predicted octanol–water partition coefficient (Wildman–Crippen LogP) is 1.92. The summed E-state index contributed by atoms with van der Waals surface area (Å²) in [6, 6.07) is 6.01. The van der Waals surface area contributed by atoms with E-state index in [2.05, 4.69) is 25.3 Å². The number of nitrogens with one attached hydrogen (secondary N) is 2. The highest BCUT2D eigenvalue weighted by atomic mass is 16.3. The third kappa shape index (κ3) is 3.11. The van der Waals surface area contributed by atoms with Gasteiger partial charge in [0.1, 0.15) is 0 Å². The number of fused-ring (bicyclic) bond motifs is 1. The van der Waals surface area contributed by atoms with Crippen LogP contribution in [0.5, 0.6) is 0 Å². The summed E-state index contributed by atoms with van der Waals surface area (Å²) < 4.78 is 0. The van der Waals surface area contributed by atoms with Crippen molar-refractivity contribution in [2.45, 2.75) is 27.2 Å².